The van der Waals surface area contributed by atoms with Crippen molar-refractivity contribution in [3.8, 4) is 0 Å². The van der Waals surface area contributed by atoms with Crippen molar-refractivity contribution in [2.24, 2.45) is 5.92 Å². The highest BCUT2D eigenvalue weighted by Crippen LogP contribution is 2.10. The predicted octanol–water partition coefficient (Wildman–Crippen LogP) is 3.62. The SMILES string of the molecule is CCc1ccc(CNC(C)CCCC(C)C(=O)O)cc1. The van der Waals surface area contributed by atoms with Crippen LogP contribution in [0.2, 0.25) is 0 Å². The van der Waals surface area contributed by atoms with Crippen LogP contribution in [-0.2, 0) is 17.8 Å². The summed E-state index contributed by atoms with van der Waals surface area (Å²) in [5.41, 5.74) is 2.66. The second-order valence-electron chi connectivity index (χ2n) is 5.62. The van der Waals surface area contributed by atoms with Crippen molar-refractivity contribution in [3.05, 3.63) is 35.4 Å². The highest BCUT2D eigenvalue weighted by Gasteiger charge is 2.11. The number of hydrogen-bond acceptors (Lipinski definition) is 2. The van der Waals surface area contributed by atoms with Gasteiger partial charge in [0.05, 0.1) is 5.92 Å². The van der Waals surface area contributed by atoms with E-state index in [2.05, 4.69) is 43.4 Å². The predicted molar refractivity (Wildman–Crippen MR) is 82.8 cm³/mol. The Kier molecular flexibility index (Phi) is 7.31. The third-order valence-corrected chi connectivity index (χ3v) is 3.78. The number of benzene rings is 1. The van der Waals surface area contributed by atoms with Gasteiger partial charge in [0.25, 0.3) is 0 Å². The van der Waals surface area contributed by atoms with Gasteiger partial charge in [-0.2, -0.15) is 0 Å². The molecule has 0 spiro atoms. The Labute approximate surface area is 122 Å². The summed E-state index contributed by atoms with van der Waals surface area (Å²) in [6.07, 6.45) is 3.81. The number of nitrogens with one attached hydrogen (secondary N) is 1. The molecule has 0 bridgehead atoms. The van der Waals surface area contributed by atoms with Crippen LogP contribution in [0.1, 0.15) is 51.2 Å². The summed E-state index contributed by atoms with van der Waals surface area (Å²) in [5.74, 6) is -0.926. The number of aryl methyl sites for hydroxylation is 1. The third kappa shape index (κ3) is 6.20. The zero-order valence-electron chi connectivity index (χ0n) is 12.9. The van der Waals surface area contributed by atoms with Gasteiger partial charge in [0, 0.05) is 12.6 Å². The maximum Gasteiger partial charge on any atom is 0.306 e. The standard InChI is InChI=1S/C17H27NO2/c1-4-15-8-10-16(11-9-15)12-18-14(3)7-5-6-13(2)17(19)20/h8-11,13-14,18H,4-7,12H2,1-3H3,(H,19,20). The van der Waals surface area contributed by atoms with E-state index in [1.165, 1.54) is 11.1 Å². The molecule has 2 N–H and O–H groups in total. The molecule has 0 aliphatic rings. The molecule has 0 heterocycles. The quantitative estimate of drug-likeness (QED) is 0.725. The van der Waals surface area contributed by atoms with Crippen LogP contribution in [-0.4, -0.2) is 17.1 Å². The molecule has 0 aromatic heterocycles. The van der Waals surface area contributed by atoms with Crippen LogP contribution in [0.15, 0.2) is 24.3 Å². The number of rotatable bonds is 9. The second-order valence-corrected chi connectivity index (χ2v) is 5.62. The van der Waals surface area contributed by atoms with Crippen LogP contribution >= 0.6 is 0 Å². The summed E-state index contributed by atoms with van der Waals surface area (Å²) in [6.45, 7) is 6.97. The van der Waals surface area contributed by atoms with Crippen molar-refractivity contribution < 1.29 is 9.90 Å². The minimum absolute atomic E-state index is 0.233. The summed E-state index contributed by atoms with van der Waals surface area (Å²) in [4.78, 5) is 10.7. The van der Waals surface area contributed by atoms with Crippen molar-refractivity contribution in [2.45, 2.75) is 59.0 Å². The molecule has 0 radical (unpaired) electrons. The molecular weight excluding hydrogens is 250 g/mol. The van der Waals surface area contributed by atoms with E-state index in [9.17, 15) is 4.79 Å². The highest BCUT2D eigenvalue weighted by atomic mass is 16.4. The molecule has 0 amide bonds. The molecule has 0 aliphatic carbocycles. The molecule has 3 nitrogen and oxygen atoms in total. The fourth-order valence-corrected chi connectivity index (χ4v) is 2.14. The normalized spacial score (nSPS) is 13.9. The Balaban J connectivity index is 2.22. The number of carboxylic acid groups (broad SMARTS) is 1. The first kappa shape index (κ1) is 16.7. The Morgan fingerprint density at radius 3 is 2.30 bits per heavy atom. The monoisotopic (exact) mass is 277 g/mol. The van der Waals surface area contributed by atoms with Crippen LogP contribution in [0.4, 0.5) is 0 Å². The average molecular weight is 277 g/mol. The first-order chi connectivity index (χ1) is 9.52. The number of carbonyl (C=O) groups is 1. The number of aliphatic carboxylic acids is 1. The van der Waals surface area contributed by atoms with Crippen LogP contribution in [0.25, 0.3) is 0 Å². The number of carboxylic acids is 1. The molecular formula is C17H27NO2. The van der Waals surface area contributed by atoms with Gasteiger partial charge < -0.3 is 10.4 Å². The zero-order valence-corrected chi connectivity index (χ0v) is 12.9. The molecule has 0 aliphatic heterocycles. The van der Waals surface area contributed by atoms with E-state index in [0.29, 0.717) is 6.04 Å². The maximum absolute atomic E-state index is 10.7. The van der Waals surface area contributed by atoms with Gasteiger partial charge in [0.15, 0.2) is 0 Å². The minimum atomic E-state index is -0.693. The summed E-state index contributed by atoms with van der Waals surface area (Å²) in [5, 5.41) is 12.3. The van der Waals surface area contributed by atoms with E-state index in [0.717, 1.165) is 32.2 Å². The van der Waals surface area contributed by atoms with E-state index in [1.807, 2.05) is 0 Å². The van der Waals surface area contributed by atoms with Crippen molar-refractivity contribution >= 4 is 5.97 Å². The van der Waals surface area contributed by atoms with E-state index in [1.54, 1.807) is 6.92 Å². The molecule has 3 heteroatoms. The van der Waals surface area contributed by atoms with E-state index < -0.39 is 5.97 Å². The van der Waals surface area contributed by atoms with Crippen molar-refractivity contribution in [1.82, 2.24) is 5.32 Å². The maximum atomic E-state index is 10.7. The molecule has 0 saturated carbocycles. The summed E-state index contributed by atoms with van der Waals surface area (Å²) in [7, 11) is 0. The second kappa shape index (κ2) is 8.75. The van der Waals surface area contributed by atoms with Crippen LogP contribution in [0.3, 0.4) is 0 Å². The van der Waals surface area contributed by atoms with Crippen LogP contribution in [0.5, 0.6) is 0 Å². The minimum Gasteiger partial charge on any atom is -0.481 e. The smallest absolute Gasteiger partial charge is 0.306 e. The van der Waals surface area contributed by atoms with Crippen molar-refractivity contribution in [1.29, 1.82) is 0 Å². The molecule has 112 valence electrons. The Hall–Kier alpha value is -1.35. The summed E-state index contributed by atoms with van der Waals surface area (Å²) < 4.78 is 0. The van der Waals surface area contributed by atoms with Crippen LogP contribution in [0, 0.1) is 5.92 Å². The molecule has 20 heavy (non-hydrogen) atoms. The molecule has 0 fully saturated rings. The van der Waals surface area contributed by atoms with Gasteiger partial charge in [-0.05, 0) is 37.3 Å². The summed E-state index contributed by atoms with van der Waals surface area (Å²) in [6, 6.07) is 9.12. The Morgan fingerprint density at radius 1 is 1.15 bits per heavy atom. The third-order valence-electron chi connectivity index (χ3n) is 3.78. The Bertz CT molecular complexity index is 400. The molecule has 1 aromatic carbocycles. The summed E-state index contributed by atoms with van der Waals surface area (Å²) >= 11 is 0. The van der Waals surface area contributed by atoms with Crippen LogP contribution < -0.4 is 5.32 Å². The molecule has 1 aromatic rings. The highest BCUT2D eigenvalue weighted by molar-refractivity contribution is 5.69. The zero-order chi connectivity index (χ0) is 15.0. The number of hydrogen-bond donors (Lipinski definition) is 2. The topological polar surface area (TPSA) is 49.3 Å². The average Bonchev–Trinajstić information content (AvgIpc) is 2.45. The molecule has 2 unspecified atom stereocenters. The van der Waals surface area contributed by atoms with Crippen molar-refractivity contribution in [3.63, 3.8) is 0 Å². The lowest BCUT2D eigenvalue weighted by Crippen LogP contribution is -2.25. The van der Waals surface area contributed by atoms with Crippen molar-refractivity contribution in [2.75, 3.05) is 0 Å². The lowest BCUT2D eigenvalue weighted by Gasteiger charge is -2.14. The fourth-order valence-electron chi connectivity index (χ4n) is 2.14. The van der Waals surface area contributed by atoms with Gasteiger partial charge >= 0.3 is 5.97 Å². The van der Waals surface area contributed by atoms with Gasteiger partial charge in [-0.3, -0.25) is 4.79 Å². The largest absolute Gasteiger partial charge is 0.481 e. The van der Waals surface area contributed by atoms with Gasteiger partial charge in [0.2, 0.25) is 0 Å². The van der Waals surface area contributed by atoms with Gasteiger partial charge in [-0.15, -0.1) is 0 Å². The lowest BCUT2D eigenvalue weighted by atomic mass is 10.0. The van der Waals surface area contributed by atoms with Gasteiger partial charge in [0.1, 0.15) is 0 Å². The molecule has 2 atom stereocenters. The van der Waals surface area contributed by atoms with Gasteiger partial charge in [-0.1, -0.05) is 44.5 Å². The van der Waals surface area contributed by atoms with E-state index >= 15 is 0 Å². The van der Waals surface area contributed by atoms with E-state index in [4.69, 9.17) is 5.11 Å². The van der Waals surface area contributed by atoms with E-state index in [-0.39, 0.29) is 5.92 Å². The molecule has 1 rings (SSSR count). The van der Waals surface area contributed by atoms with Gasteiger partial charge in [-0.25, -0.2) is 0 Å². The Morgan fingerprint density at radius 2 is 1.75 bits per heavy atom. The lowest BCUT2D eigenvalue weighted by molar-refractivity contribution is -0.141. The molecule has 0 saturated heterocycles. The fraction of sp³-hybridized carbons (Fsp3) is 0.588. The first-order valence-corrected chi connectivity index (χ1v) is 7.57. The first-order valence-electron chi connectivity index (χ1n) is 7.57.